The molecule has 2 heteroatoms. The van der Waals surface area contributed by atoms with Crippen LogP contribution in [0.25, 0.3) is 0 Å². The number of hydrogen-bond acceptors (Lipinski definition) is 1. The van der Waals surface area contributed by atoms with Gasteiger partial charge in [0, 0.05) is 23.2 Å². The van der Waals surface area contributed by atoms with Gasteiger partial charge < -0.3 is 4.98 Å². The number of imidazole rings is 1. The summed E-state index contributed by atoms with van der Waals surface area (Å²) in [6, 6.07) is 0. The number of nitrogens with one attached hydrogen (secondary N) is 1. The number of nitrogens with zero attached hydrogens (tertiary/aromatic N) is 1. The highest BCUT2D eigenvalue weighted by molar-refractivity contribution is 5.13. The maximum atomic E-state index is 4.62. The quantitative estimate of drug-likeness (QED) is 0.765. The van der Waals surface area contributed by atoms with Crippen LogP contribution in [0.4, 0.5) is 0 Å². The van der Waals surface area contributed by atoms with Crippen molar-refractivity contribution in [3.8, 4) is 0 Å². The van der Waals surface area contributed by atoms with Crippen LogP contribution in [0.3, 0.4) is 0 Å². The van der Waals surface area contributed by atoms with Crippen molar-refractivity contribution in [2.75, 3.05) is 0 Å². The highest BCUT2D eigenvalue weighted by Gasteiger charge is 2.26. The molecule has 0 saturated heterocycles. The topological polar surface area (TPSA) is 28.7 Å². The summed E-state index contributed by atoms with van der Waals surface area (Å²) in [4.78, 5) is 8.18. The van der Waals surface area contributed by atoms with Crippen LogP contribution in [0.5, 0.6) is 0 Å². The van der Waals surface area contributed by atoms with Crippen molar-refractivity contribution in [1.82, 2.24) is 9.97 Å². The van der Waals surface area contributed by atoms with Crippen LogP contribution in [0.2, 0.25) is 0 Å². The second kappa shape index (κ2) is 5.90. The van der Waals surface area contributed by atoms with Gasteiger partial charge in [0.25, 0.3) is 0 Å². The first-order chi connectivity index (χ1) is 8.27. The summed E-state index contributed by atoms with van der Waals surface area (Å²) in [6.45, 7) is 16.0. The lowest BCUT2D eigenvalue weighted by atomic mass is 9.82. The summed E-state index contributed by atoms with van der Waals surface area (Å²) in [5.74, 6) is 3.09. The SMILES string of the molecule is CCC(C)CC(C)(C)c1ncc(C(C)C(C)C)[nH]1. The molecule has 2 atom stereocenters. The first kappa shape index (κ1) is 15.3. The summed E-state index contributed by atoms with van der Waals surface area (Å²) in [6.07, 6.45) is 4.45. The van der Waals surface area contributed by atoms with Gasteiger partial charge in [-0.3, -0.25) is 0 Å². The summed E-state index contributed by atoms with van der Waals surface area (Å²) in [5.41, 5.74) is 1.42. The minimum Gasteiger partial charge on any atom is -0.345 e. The average molecular weight is 250 g/mol. The van der Waals surface area contributed by atoms with Gasteiger partial charge in [-0.1, -0.05) is 54.9 Å². The van der Waals surface area contributed by atoms with Crippen LogP contribution < -0.4 is 0 Å². The third-order valence-corrected chi connectivity index (χ3v) is 4.28. The maximum Gasteiger partial charge on any atom is 0.111 e. The molecule has 1 rings (SSSR count). The molecule has 0 aliphatic heterocycles. The zero-order valence-electron chi connectivity index (χ0n) is 13.2. The van der Waals surface area contributed by atoms with E-state index in [1.54, 1.807) is 0 Å². The Morgan fingerprint density at radius 2 is 1.83 bits per heavy atom. The van der Waals surface area contributed by atoms with Gasteiger partial charge in [0.05, 0.1) is 0 Å². The van der Waals surface area contributed by atoms with E-state index in [0.717, 1.165) is 11.7 Å². The van der Waals surface area contributed by atoms with Crippen molar-refractivity contribution in [3.05, 3.63) is 17.7 Å². The molecule has 2 unspecified atom stereocenters. The van der Waals surface area contributed by atoms with E-state index < -0.39 is 0 Å². The smallest absolute Gasteiger partial charge is 0.111 e. The summed E-state index contributed by atoms with van der Waals surface area (Å²) in [5, 5.41) is 0. The molecule has 0 fully saturated rings. The summed E-state index contributed by atoms with van der Waals surface area (Å²) in [7, 11) is 0. The second-order valence-electron chi connectivity index (χ2n) is 6.82. The largest absolute Gasteiger partial charge is 0.345 e. The molecule has 1 N–H and O–H groups in total. The zero-order chi connectivity index (χ0) is 13.9. The fourth-order valence-electron chi connectivity index (χ4n) is 2.38. The van der Waals surface area contributed by atoms with Crippen LogP contribution in [0.15, 0.2) is 6.20 Å². The van der Waals surface area contributed by atoms with E-state index in [4.69, 9.17) is 0 Å². The zero-order valence-corrected chi connectivity index (χ0v) is 13.2. The van der Waals surface area contributed by atoms with Gasteiger partial charge in [-0.2, -0.15) is 0 Å². The monoisotopic (exact) mass is 250 g/mol. The fraction of sp³-hybridized carbons (Fsp3) is 0.812. The van der Waals surface area contributed by atoms with Crippen molar-refractivity contribution in [2.24, 2.45) is 11.8 Å². The van der Waals surface area contributed by atoms with E-state index in [9.17, 15) is 0 Å². The Morgan fingerprint density at radius 1 is 1.22 bits per heavy atom. The Morgan fingerprint density at radius 3 is 2.33 bits per heavy atom. The van der Waals surface area contributed by atoms with Gasteiger partial charge >= 0.3 is 0 Å². The van der Waals surface area contributed by atoms with Crippen LogP contribution in [0, 0.1) is 11.8 Å². The van der Waals surface area contributed by atoms with Crippen molar-refractivity contribution in [1.29, 1.82) is 0 Å². The Hall–Kier alpha value is -0.790. The van der Waals surface area contributed by atoms with Crippen LogP contribution in [-0.4, -0.2) is 9.97 Å². The number of aromatic nitrogens is 2. The third-order valence-electron chi connectivity index (χ3n) is 4.28. The number of rotatable bonds is 6. The standard InChI is InChI=1S/C16H30N2/c1-8-12(4)9-16(6,7)15-17-10-14(18-15)13(5)11(2)3/h10-13H,8-9H2,1-7H3,(H,17,18). The summed E-state index contributed by atoms with van der Waals surface area (Å²) < 4.78 is 0. The first-order valence-electron chi connectivity index (χ1n) is 7.33. The normalized spacial score (nSPS) is 16.0. The molecule has 1 aromatic heterocycles. The van der Waals surface area contributed by atoms with Gasteiger partial charge in [-0.15, -0.1) is 0 Å². The molecule has 0 bridgehead atoms. The molecule has 0 aromatic carbocycles. The minimum atomic E-state index is 0.143. The molecule has 0 aliphatic carbocycles. The van der Waals surface area contributed by atoms with Gasteiger partial charge in [0.15, 0.2) is 0 Å². The maximum absolute atomic E-state index is 4.62. The van der Waals surface area contributed by atoms with E-state index in [1.807, 2.05) is 6.20 Å². The Balaban J connectivity index is 2.84. The van der Waals surface area contributed by atoms with Crippen LogP contribution in [-0.2, 0) is 5.41 Å². The lowest BCUT2D eigenvalue weighted by Gasteiger charge is -2.25. The molecule has 18 heavy (non-hydrogen) atoms. The first-order valence-corrected chi connectivity index (χ1v) is 7.33. The molecule has 1 heterocycles. The minimum absolute atomic E-state index is 0.143. The van der Waals surface area contributed by atoms with E-state index in [-0.39, 0.29) is 5.41 Å². The summed E-state index contributed by atoms with van der Waals surface area (Å²) >= 11 is 0. The highest BCUT2D eigenvalue weighted by atomic mass is 14.9. The lowest BCUT2D eigenvalue weighted by molar-refractivity contribution is 0.358. The van der Waals surface area contributed by atoms with E-state index in [1.165, 1.54) is 18.5 Å². The molecule has 1 aromatic rings. The second-order valence-corrected chi connectivity index (χ2v) is 6.82. The molecular formula is C16H30N2. The average Bonchev–Trinajstić information content (AvgIpc) is 2.77. The molecule has 0 spiro atoms. The van der Waals surface area contributed by atoms with Gasteiger partial charge in [-0.05, 0) is 18.3 Å². The number of hydrogen-bond donors (Lipinski definition) is 1. The lowest BCUT2D eigenvalue weighted by Crippen LogP contribution is -2.22. The van der Waals surface area contributed by atoms with Crippen molar-refractivity contribution < 1.29 is 0 Å². The molecule has 2 nitrogen and oxygen atoms in total. The molecular weight excluding hydrogens is 220 g/mol. The molecule has 104 valence electrons. The van der Waals surface area contributed by atoms with Gasteiger partial charge in [-0.25, -0.2) is 4.98 Å². The highest BCUT2D eigenvalue weighted by Crippen LogP contribution is 2.31. The van der Waals surface area contributed by atoms with Crippen LogP contribution in [0.1, 0.15) is 78.7 Å². The van der Waals surface area contributed by atoms with Gasteiger partial charge in [0.1, 0.15) is 5.82 Å². The number of aromatic amines is 1. The Bertz CT molecular complexity index is 363. The predicted molar refractivity (Wildman–Crippen MR) is 78.9 cm³/mol. The third kappa shape index (κ3) is 3.60. The molecule has 0 aliphatic rings. The van der Waals surface area contributed by atoms with Crippen molar-refractivity contribution >= 4 is 0 Å². The van der Waals surface area contributed by atoms with E-state index >= 15 is 0 Å². The van der Waals surface area contributed by atoms with Crippen molar-refractivity contribution in [2.45, 2.75) is 72.6 Å². The fourth-order valence-corrected chi connectivity index (χ4v) is 2.38. The van der Waals surface area contributed by atoms with Gasteiger partial charge in [0.2, 0.25) is 0 Å². The molecule has 0 amide bonds. The predicted octanol–water partition coefficient (Wildman–Crippen LogP) is 4.88. The number of H-pyrrole nitrogens is 1. The van der Waals surface area contributed by atoms with E-state index in [0.29, 0.717) is 11.8 Å². The Kier molecular flexibility index (Phi) is 5.01. The molecule has 0 saturated carbocycles. The van der Waals surface area contributed by atoms with Crippen molar-refractivity contribution in [3.63, 3.8) is 0 Å². The van der Waals surface area contributed by atoms with Crippen LogP contribution >= 0.6 is 0 Å². The molecule has 0 radical (unpaired) electrons. The Labute approximate surface area is 113 Å². The van der Waals surface area contributed by atoms with E-state index in [2.05, 4.69) is 58.4 Å².